The van der Waals surface area contributed by atoms with Crippen molar-refractivity contribution in [1.29, 1.82) is 0 Å². The maximum absolute atomic E-state index is 12.4. The van der Waals surface area contributed by atoms with Gasteiger partial charge >= 0.3 is 0 Å². The molecule has 0 N–H and O–H groups in total. The highest BCUT2D eigenvalue weighted by Crippen LogP contribution is 2.29. The van der Waals surface area contributed by atoms with Crippen LogP contribution in [0.25, 0.3) is 10.2 Å². The Hall–Kier alpha value is -2.11. The van der Waals surface area contributed by atoms with Crippen LogP contribution in [0.2, 0.25) is 5.02 Å². The van der Waals surface area contributed by atoms with Crippen molar-refractivity contribution in [2.24, 2.45) is 12.0 Å². The molecular formula is C17H15ClN2O2S. The first kappa shape index (κ1) is 15.8. The lowest BCUT2D eigenvalue weighted by molar-refractivity contribution is 0.0998. The Kier molecular flexibility index (Phi) is 4.24. The average Bonchev–Trinajstić information content (AvgIpc) is 2.86. The summed E-state index contributed by atoms with van der Waals surface area (Å²) >= 11 is 7.53. The van der Waals surface area contributed by atoms with Crippen molar-refractivity contribution in [1.82, 2.24) is 4.57 Å². The van der Waals surface area contributed by atoms with Gasteiger partial charge in [0.15, 0.2) is 4.80 Å². The summed E-state index contributed by atoms with van der Waals surface area (Å²) in [5.74, 6) is 0.408. The van der Waals surface area contributed by atoms with Crippen LogP contribution in [-0.4, -0.2) is 17.6 Å². The number of hydrogen-bond donors (Lipinski definition) is 0. The van der Waals surface area contributed by atoms with Crippen LogP contribution in [-0.2, 0) is 7.05 Å². The van der Waals surface area contributed by atoms with Crippen LogP contribution in [0.3, 0.4) is 0 Å². The molecule has 0 unspecified atom stereocenters. The molecule has 0 aliphatic rings. The fourth-order valence-electron chi connectivity index (χ4n) is 2.40. The molecule has 118 valence electrons. The first-order valence-electron chi connectivity index (χ1n) is 6.99. The van der Waals surface area contributed by atoms with E-state index in [2.05, 4.69) is 4.99 Å². The lowest BCUT2D eigenvalue weighted by Crippen LogP contribution is -2.13. The Morgan fingerprint density at radius 3 is 2.70 bits per heavy atom. The van der Waals surface area contributed by atoms with Gasteiger partial charge in [0.05, 0.1) is 22.4 Å². The van der Waals surface area contributed by atoms with Crippen molar-refractivity contribution in [2.45, 2.75) is 6.92 Å². The van der Waals surface area contributed by atoms with E-state index in [0.717, 1.165) is 21.5 Å². The third kappa shape index (κ3) is 2.78. The van der Waals surface area contributed by atoms with Crippen LogP contribution in [0.5, 0.6) is 5.75 Å². The van der Waals surface area contributed by atoms with E-state index in [1.807, 2.05) is 30.7 Å². The van der Waals surface area contributed by atoms with Crippen molar-refractivity contribution >= 4 is 39.1 Å². The minimum Gasteiger partial charge on any atom is -0.495 e. The number of methoxy groups -OCH3 is 1. The molecule has 0 bridgehead atoms. The van der Waals surface area contributed by atoms with Crippen LogP contribution >= 0.6 is 22.9 Å². The quantitative estimate of drug-likeness (QED) is 0.705. The van der Waals surface area contributed by atoms with Crippen LogP contribution in [0.15, 0.2) is 41.4 Å². The summed E-state index contributed by atoms with van der Waals surface area (Å²) in [4.78, 5) is 17.3. The van der Waals surface area contributed by atoms with Gasteiger partial charge in [0, 0.05) is 7.05 Å². The summed E-state index contributed by atoms with van der Waals surface area (Å²) < 4.78 is 8.35. The third-order valence-electron chi connectivity index (χ3n) is 3.63. The molecule has 0 spiro atoms. The number of aryl methyl sites for hydroxylation is 2. The number of halogens is 1. The Bertz CT molecular complexity index is 972. The predicted octanol–water partition coefficient (Wildman–Crippen LogP) is 3.95. The normalized spacial score (nSPS) is 11.9. The Balaban J connectivity index is 2.21. The second-order valence-corrected chi connectivity index (χ2v) is 6.49. The first-order chi connectivity index (χ1) is 11.0. The smallest absolute Gasteiger partial charge is 0.281 e. The molecule has 0 aliphatic carbocycles. The summed E-state index contributed by atoms with van der Waals surface area (Å²) in [5, 5.41) is 0.402. The van der Waals surface area contributed by atoms with E-state index in [9.17, 15) is 4.79 Å². The average molecular weight is 347 g/mol. The van der Waals surface area contributed by atoms with Crippen molar-refractivity contribution in [3.8, 4) is 5.75 Å². The topological polar surface area (TPSA) is 43.6 Å². The molecule has 1 heterocycles. The lowest BCUT2D eigenvalue weighted by atomic mass is 10.2. The molecule has 0 radical (unpaired) electrons. The largest absolute Gasteiger partial charge is 0.495 e. The predicted molar refractivity (Wildman–Crippen MR) is 93.4 cm³/mol. The molecule has 0 fully saturated rings. The van der Waals surface area contributed by atoms with E-state index >= 15 is 0 Å². The van der Waals surface area contributed by atoms with E-state index in [1.165, 1.54) is 11.3 Å². The summed E-state index contributed by atoms with van der Waals surface area (Å²) in [6.45, 7) is 2.03. The van der Waals surface area contributed by atoms with Crippen molar-refractivity contribution in [3.05, 3.63) is 57.3 Å². The SMILES string of the molecule is COc1ccc(C)c2sc(=NC(=O)c3ccccc3Cl)n(C)c12. The van der Waals surface area contributed by atoms with E-state index in [-0.39, 0.29) is 5.91 Å². The number of benzene rings is 2. The number of aromatic nitrogens is 1. The van der Waals surface area contributed by atoms with Crippen LogP contribution in [0.1, 0.15) is 15.9 Å². The number of amides is 1. The zero-order valence-electron chi connectivity index (χ0n) is 13.0. The zero-order valence-corrected chi connectivity index (χ0v) is 14.5. The van der Waals surface area contributed by atoms with Gasteiger partial charge in [0.1, 0.15) is 11.3 Å². The maximum atomic E-state index is 12.4. The molecule has 0 saturated heterocycles. The fourth-order valence-corrected chi connectivity index (χ4v) is 3.72. The highest BCUT2D eigenvalue weighted by atomic mass is 35.5. The molecule has 1 aromatic heterocycles. The van der Waals surface area contributed by atoms with Crippen LogP contribution in [0.4, 0.5) is 0 Å². The van der Waals surface area contributed by atoms with Gasteiger partial charge in [0.2, 0.25) is 0 Å². The Morgan fingerprint density at radius 1 is 1.26 bits per heavy atom. The summed E-state index contributed by atoms with van der Waals surface area (Å²) in [6, 6.07) is 10.8. The second kappa shape index (κ2) is 6.18. The van der Waals surface area contributed by atoms with Gasteiger partial charge in [-0.05, 0) is 30.7 Å². The number of hydrogen-bond acceptors (Lipinski definition) is 3. The molecule has 4 nitrogen and oxygen atoms in total. The molecule has 23 heavy (non-hydrogen) atoms. The number of carbonyl (C=O) groups is 1. The van der Waals surface area contributed by atoms with E-state index < -0.39 is 0 Å². The first-order valence-corrected chi connectivity index (χ1v) is 8.19. The van der Waals surface area contributed by atoms with Crippen molar-refractivity contribution in [2.75, 3.05) is 7.11 Å². The molecule has 3 aromatic rings. The minimum absolute atomic E-state index is 0.352. The summed E-state index contributed by atoms with van der Waals surface area (Å²) in [5.41, 5.74) is 2.45. The lowest BCUT2D eigenvalue weighted by Gasteiger charge is -2.05. The van der Waals surface area contributed by atoms with Crippen LogP contribution in [0, 0.1) is 6.92 Å². The van der Waals surface area contributed by atoms with Crippen molar-refractivity contribution < 1.29 is 9.53 Å². The standard InChI is InChI=1S/C17H15ClN2O2S/c1-10-8-9-13(22-3)14-15(10)23-17(20(14)2)19-16(21)11-6-4-5-7-12(11)18/h4-9H,1-3H3. The third-order valence-corrected chi connectivity index (χ3v) is 5.23. The fraction of sp³-hybridized carbons (Fsp3) is 0.176. The van der Waals surface area contributed by atoms with Crippen molar-refractivity contribution in [3.63, 3.8) is 0 Å². The number of thiazole rings is 1. The highest BCUT2D eigenvalue weighted by molar-refractivity contribution is 7.16. The molecule has 0 atom stereocenters. The monoisotopic (exact) mass is 346 g/mol. The molecule has 2 aromatic carbocycles. The minimum atomic E-state index is -0.352. The number of rotatable bonds is 2. The van der Waals surface area contributed by atoms with Gasteiger partial charge in [0.25, 0.3) is 5.91 Å². The molecule has 6 heteroatoms. The van der Waals surface area contributed by atoms with Gasteiger partial charge in [-0.1, -0.05) is 41.1 Å². The molecule has 0 aliphatic heterocycles. The summed E-state index contributed by atoms with van der Waals surface area (Å²) in [6.07, 6.45) is 0. The van der Waals surface area contributed by atoms with Gasteiger partial charge in [-0.2, -0.15) is 4.99 Å². The molecule has 0 saturated carbocycles. The van der Waals surface area contributed by atoms with Gasteiger partial charge in [-0.15, -0.1) is 0 Å². The van der Waals surface area contributed by atoms with Gasteiger partial charge in [-0.3, -0.25) is 4.79 Å². The van der Waals surface area contributed by atoms with E-state index in [1.54, 1.807) is 31.4 Å². The van der Waals surface area contributed by atoms with Gasteiger partial charge < -0.3 is 9.30 Å². The number of nitrogens with zero attached hydrogens (tertiary/aromatic N) is 2. The molecular weight excluding hydrogens is 332 g/mol. The highest BCUT2D eigenvalue weighted by Gasteiger charge is 2.13. The maximum Gasteiger partial charge on any atom is 0.281 e. The number of ether oxygens (including phenoxy) is 1. The summed E-state index contributed by atoms with van der Waals surface area (Å²) in [7, 11) is 3.51. The Morgan fingerprint density at radius 2 is 2.00 bits per heavy atom. The molecule has 3 rings (SSSR count). The molecule has 1 amide bonds. The van der Waals surface area contributed by atoms with E-state index in [4.69, 9.17) is 16.3 Å². The Labute approximate surface area is 142 Å². The van der Waals surface area contributed by atoms with Gasteiger partial charge in [-0.25, -0.2) is 0 Å². The second-order valence-electron chi connectivity index (χ2n) is 5.10. The van der Waals surface area contributed by atoms with Crippen LogP contribution < -0.4 is 9.54 Å². The number of fused-ring (bicyclic) bond motifs is 1. The van der Waals surface area contributed by atoms with E-state index in [0.29, 0.717) is 15.4 Å². The number of carbonyl (C=O) groups excluding carboxylic acids is 1. The zero-order chi connectivity index (χ0) is 16.6.